The molecule has 0 amide bonds. The molecular weight excluding hydrogens is 167 g/mol. The highest BCUT2D eigenvalue weighted by Gasteiger charge is 2.01. The van der Waals surface area contributed by atoms with Crippen molar-refractivity contribution in [1.29, 1.82) is 0 Å². The summed E-state index contributed by atoms with van der Waals surface area (Å²) in [4.78, 5) is 0. The van der Waals surface area contributed by atoms with Gasteiger partial charge in [-0.3, -0.25) is 4.57 Å². The first-order chi connectivity index (χ1) is 5.85. The summed E-state index contributed by atoms with van der Waals surface area (Å²) in [6.07, 6.45) is 8.55. The lowest BCUT2D eigenvalue weighted by atomic mass is 9.96. The van der Waals surface area contributed by atoms with Crippen LogP contribution in [0.5, 0.6) is 0 Å². The van der Waals surface area contributed by atoms with Crippen molar-refractivity contribution in [2.45, 2.75) is 52.4 Å². The molecule has 0 atom stereocenters. The fourth-order valence-electron chi connectivity index (χ4n) is 1.48. The van der Waals surface area contributed by atoms with Gasteiger partial charge in [-0.25, -0.2) is 0 Å². The molecule has 0 saturated carbocycles. The van der Waals surface area contributed by atoms with E-state index in [0.717, 1.165) is 18.5 Å². The van der Waals surface area contributed by atoms with Gasteiger partial charge < -0.3 is 0 Å². The fraction of sp³-hybridized carbons (Fsp3) is 1.00. The van der Waals surface area contributed by atoms with Crippen molar-refractivity contribution in [3.05, 3.63) is 0 Å². The predicted molar refractivity (Wildman–Crippen MR) is 55.0 cm³/mol. The Hall–Kier alpha value is 0.100. The number of rotatable bonds is 8. The Balaban J connectivity index is 3.11. The van der Waals surface area contributed by atoms with Crippen LogP contribution in [0.4, 0.5) is 0 Å². The van der Waals surface area contributed by atoms with Crippen molar-refractivity contribution in [2.75, 3.05) is 6.16 Å². The summed E-state index contributed by atoms with van der Waals surface area (Å²) in [5, 5.41) is 0. The maximum absolute atomic E-state index is 10.1. The summed E-state index contributed by atoms with van der Waals surface area (Å²) in [5.74, 6) is 0.926. The molecular formula is C10H21OP. The van der Waals surface area contributed by atoms with Crippen molar-refractivity contribution in [3.63, 3.8) is 0 Å². The number of hydrogen-bond donors (Lipinski definition) is 0. The smallest absolute Gasteiger partial charge is 0.155 e. The minimum Gasteiger partial charge on any atom is -0.275 e. The molecule has 0 aromatic rings. The van der Waals surface area contributed by atoms with Gasteiger partial charge in [0, 0.05) is 6.16 Å². The summed E-state index contributed by atoms with van der Waals surface area (Å²) >= 11 is 0. The van der Waals surface area contributed by atoms with E-state index in [-0.39, 0.29) is 0 Å². The van der Waals surface area contributed by atoms with Gasteiger partial charge in [0.1, 0.15) is 0 Å². The first kappa shape index (κ1) is 12.1. The van der Waals surface area contributed by atoms with Gasteiger partial charge in [0.25, 0.3) is 0 Å². The van der Waals surface area contributed by atoms with Crippen LogP contribution in [0.2, 0.25) is 0 Å². The van der Waals surface area contributed by atoms with E-state index in [1.807, 2.05) is 0 Å². The molecule has 0 aliphatic carbocycles. The third-order valence-corrected chi connectivity index (χ3v) is 3.02. The van der Waals surface area contributed by atoms with Crippen molar-refractivity contribution in [3.8, 4) is 0 Å². The summed E-state index contributed by atoms with van der Waals surface area (Å²) in [7, 11) is 0.318. The molecule has 0 rings (SSSR count). The van der Waals surface area contributed by atoms with Crippen molar-refractivity contribution >= 4 is 8.46 Å². The van der Waals surface area contributed by atoms with Crippen LogP contribution in [-0.4, -0.2) is 6.16 Å². The van der Waals surface area contributed by atoms with Crippen molar-refractivity contribution < 1.29 is 4.57 Å². The van der Waals surface area contributed by atoms with E-state index in [2.05, 4.69) is 13.8 Å². The van der Waals surface area contributed by atoms with Crippen molar-refractivity contribution in [2.24, 2.45) is 5.92 Å². The average molecular weight is 188 g/mol. The second-order valence-electron chi connectivity index (χ2n) is 3.38. The topological polar surface area (TPSA) is 17.1 Å². The molecule has 0 aromatic carbocycles. The molecule has 0 aliphatic rings. The Morgan fingerprint density at radius 3 is 2.25 bits per heavy atom. The zero-order chi connectivity index (χ0) is 9.23. The van der Waals surface area contributed by atoms with Crippen LogP contribution < -0.4 is 0 Å². The molecule has 0 saturated heterocycles. The lowest BCUT2D eigenvalue weighted by molar-refractivity contribution is 0.433. The standard InChI is InChI=1S/C10H21OP/c1-3-10(4-2)8-6-5-7-9-12-11/h10H,3-9H2,1-2H3. The van der Waals surface area contributed by atoms with Crippen LogP contribution in [0.15, 0.2) is 0 Å². The van der Waals surface area contributed by atoms with Gasteiger partial charge in [0.15, 0.2) is 8.46 Å². The van der Waals surface area contributed by atoms with E-state index in [4.69, 9.17) is 0 Å². The molecule has 2 heteroatoms. The Kier molecular flexibility index (Phi) is 9.27. The van der Waals surface area contributed by atoms with Gasteiger partial charge in [-0.1, -0.05) is 46.0 Å². The third-order valence-electron chi connectivity index (χ3n) is 2.52. The molecule has 0 bridgehead atoms. The van der Waals surface area contributed by atoms with Crippen molar-refractivity contribution in [1.82, 2.24) is 0 Å². The SMILES string of the molecule is CCC(CC)CCCCCP=O. The van der Waals surface area contributed by atoms with Gasteiger partial charge in [-0.15, -0.1) is 0 Å². The second kappa shape index (κ2) is 9.19. The molecule has 0 aromatic heterocycles. The van der Waals surface area contributed by atoms with Crippen LogP contribution in [0, 0.1) is 5.92 Å². The lowest BCUT2D eigenvalue weighted by Gasteiger charge is -2.10. The van der Waals surface area contributed by atoms with Gasteiger partial charge >= 0.3 is 0 Å². The van der Waals surface area contributed by atoms with Crippen LogP contribution in [0.25, 0.3) is 0 Å². The molecule has 0 N–H and O–H groups in total. The Morgan fingerprint density at radius 2 is 1.75 bits per heavy atom. The normalized spacial score (nSPS) is 11.2. The summed E-state index contributed by atoms with van der Waals surface area (Å²) in [6, 6.07) is 0. The molecule has 0 aliphatic heterocycles. The maximum Gasteiger partial charge on any atom is 0.155 e. The average Bonchev–Trinajstić information content (AvgIpc) is 2.11. The maximum atomic E-state index is 10.1. The molecule has 1 nitrogen and oxygen atoms in total. The van der Waals surface area contributed by atoms with E-state index < -0.39 is 0 Å². The lowest BCUT2D eigenvalue weighted by Crippen LogP contribution is -1.96. The van der Waals surface area contributed by atoms with Crippen LogP contribution in [0.1, 0.15) is 52.4 Å². The summed E-state index contributed by atoms with van der Waals surface area (Å²) < 4.78 is 10.1. The zero-order valence-electron chi connectivity index (χ0n) is 8.38. The van der Waals surface area contributed by atoms with Crippen LogP contribution >= 0.6 is 8.46 Å². The Labute approximate surface area is 78.1 Å². The van der Waals surface area contributed by atoms with E-state index in [1.165, 1.54) is 32.1 Å². The molecule has 0 spiro atoms. The first-order valence-corrected chi connectivity index (χ1v) is 6.14. The molecule has 0 unspecified atom stereocenters. The molecule has 72 valence electrons. The zero-order valence-corrected chi connectivity index (χ0v) is 9.28. The van der Waals surface area contributed by atoms with Crippen LogP contribution in [0.3, 0.4) is 0 Å². The van der Waals surface area contributed by atoms with Gasteiger partial charge in [0.2, 0.25) is 0 Å². The minimum atomic E-state index is 0.318. The third kappa shape index (κ3) is 6.79. The summed E-state index contributed by atoms with van der Waals surface area (Å²) in [6.45, 7) is 4.54. The van der Waals surface area contributed by atoms with E-state index >= 15 is 0 Å². The van der Waals surface area contributed by atoms with E-state index in [9.17, 15) is 4.57 Å². The highest BCUT2D eigenvalue weighted by Crippen LogP contribution is 2.16. The van der Waals surface area contributed by atoms with Gasteiger partial charge in [-0.2, -0.15) is 0 Å². The predicted octanol–water partition coefficient (Wildman–Crippen LogP) is 4.27. The highest BCUT2D eigenvalue weighted by molar-refractivity contribution is 7.23. The van der Waals surface area contributed by atoms with E-state index in [0.29, 0.717) is 8.46 Å². The quantitative estimate of drug-likeness (QED) is 0.410. The van der Waals surface area contributed by atoms with Gasteiger partial charge in [-0.05, 0) is 12.3 Å². The summed E-state index contributed by atoms with van der Waals surface area (Å²) in [5.41, 5.74) is 0. The molecule has 0 radical (unpaired) electrons. The molecule has 0 fully saturated rings. The fourth-order valence-corrected chi connectivity index (χ4v) is 1.84. The monoisotopic (exact) mass is 188 g/mol. The largest absolute Gasteiger partial charge is 0.275 e. The Morgan fingerprint density at radius 1 is 1.08 bits per heavy atom. The highest BCUT2D eigenvalue weighted by atomic mass is 31.1. The minimum absolute atomic E-state index is 0.318. The van der Waals surface area contributed by atoms with E-state index in [1.54, 1.807) is 0 Å². The molecule has 12 heavy (non-hydrogen) atoms. The second-order valence-corrected chi connectivity index (χ2v) is 4.09. The number of hydrogen-bond acceptors (Lipinski definition) is 1. The first-order valence-electron chi connectivity index (χ1n) is 5.14. The Bertz CT molecular complexity index is 100. The number of unbranched alkanes of at least 4 members (excludes halogenated alkanes) is 2. The van der Waals surface area contributed by atoms with Crippen LogP contribution in [-0.2, 0) is 4.57 Å². The van der Waals surface area contributed by atoms with Gasteiger partial charge in [0.05, 0.1) is 0 Å². The molecule has 0 heterocycles.